The van der Waals surface area contributed by atoms with Crippen LogP contribution in [0.1, 0.15) is 118 Å². The predicted molar refractivity (Wildman–Crippen MR) is 284 cm³/mol. The third-order valence-electron chi connectivity index (χ3n) is 15.9. The van der Waals surface area contributed by atoms with Crippen LogP contribution in [-0.4, -0.2) is 0 Å². The Bertz CT molecular complexity index is 3010. The molecule has 4 aliphatic carbocycles. The van der Waals surface area contributed by atoms with Gasteiger partial charge in [-0.25, -0.2) is 0 Å². The molecule has 0 aliphatic heterocycles. The number of aryl methyl sites for hydroxylation is 4. The number of fused-ring (bicyclic) bond motifs is 4. The summed E-state index contributed by atoms with van der Waals surface area (Å²) in [7, 11) is 0. The van der Waals surface area contributed by atoms with E-state index >= 15 is 0 Å². The Balaban J connectivity index is 0.000000175. The van der Waals surface area contributed by atoms with E-state index in [4.69, 9.17) is 4.42 Å². The van der Waals surface area contributed by atoms with E-state index < -0.39 is 0 Å². The summed E-state index contributed by atoms with van der Waals surface area (Å²) < 4.78 is 6.15. The number of para-hydroxylation sites is 1. The van der Waals surface area contributed by atoms with E-state index in [1.54, 1.807) is 22.3 Å². The molecule has 0 fully saturated rings. The Labute approximate surface area is 395 Å². The van der Waals surface area contributed by atoms with Gasteiger partial charge in [-0.2, -0.15) is 0 Å². The van der Waals surface area contributed by atoms with Gasteiger partial charge in [0, 0.05) is 17.4 Å². The average molecular weight is 865 g/mol. The summed E-state index contributed by atoms with van der Waals surface area (Å²) in [6.45, 7) is 22.7. The van der Waals surface area contributed by atoms with Gasteiger partial charge in [0.05, 0.1) is 0 Å². The zero-order valence-electron chi connectivity index (χ0n) is 40.8. The molecule has 0 saturated heterocycles. The van der Waals surface area contributed by atoms with Crippen molar-refractivity contribution >= 4 is 22.6 Å². The number of furan rings is 1. The highest BCUT2D eigenvalue weighted by Crippen LogP contribution is 2.58. The van der Waals surface area contributed by atoms with Crippen LogP contribution in [0.5, 0.6) is 0 Å². The summed E-state index contributed by atoms with van der Waals surface area (Å²) in [5, 5.41) is 1.21. The van der Waals surface area contributed by atoms with Gasteiger partial charge in [0.15, 0.2) is 0 Å². The van der Waals surface area contributed by atoms with Gasteiger partial charge in [-0.1, -0.05) is 185 Å². The second-order valence-corrected chi connectivity index (χ2v) is 20.0. The highest BCUT2D eigenvalue weighted by molar-refractivity contribution is 5.96. The fourth-order valence-electron chi connectivity index (χ4n) is 11.5. The molecule has 1 heteroatoms. The molecular weight excluding hydrogens is 797 g/mol. The lowest BCUT2D eigenvalue weighted by atomic mass is 9.53. The Morgan fingerprint density at radius 3 is 2.00 bits per heavy atom. The normalized spacial score (nSPS) is 19.8. The zero-order valence-corrected chi connectivity index (χ0v) is 40.8. The molecule has 0 radical (unpaired) electrons. The summed E-state index contributed by atoms with van der Waals surface area (Å²) in [5.41, 5.74) is 24.7. The van der Waals surface area contributed by atoms with Crippen molar-refractivity contribution in [3.05, 3.63) is 214 Å². The Morgan fingerprint density at radius 1 is 0.621 bits per heavy atom. The summed E-state index contributed by atoms with van der Waals surface area (Å²) in [6, 6.07) is 48.8. The number of hydrogen-bond donors (Lipinski definition) is 0. The molecule has 0 amide bonds. The van der Waals surface area contributed by atoms with E-state index in [0.717, 1.165) is 43.4 Å². The van der Waals surface area contributed by atoms with Gasteiger partial charge in [-0.15, -0.1) is 0 Å². The minimum Gasteiger partial charge on any atom is -0.460 e. The van der Waals surface area contributed by atoms with Crippen molar-refractivity contribution < 1.29 is 4.42 Å². The highest BCUT2D eigenvalue weighted by Gasteiger charge is 2.50. The summed E-state index contributed by atoms with van der Waals surface area (Å²) in [4.78, 5) is 0. The van der Waals surface area contributed by atoms with Crippen LogP contribution in [0.2, 0.25) is 0 Å². The molecular formula is C65H68O. The summed E-state index contributed by atoms with van der Waals surface area (Å²) >= 11 is 0. The van der Waals surface area contributed by atoms with Crippen molar-refractivity contribution in [1.82, 2.24) is 0 Å². The van der Waals surface area contributed by atoms with E-state index in [1.165, 1.54) is 97.0 Å². The third-order valence-corrected chi connectivity index (χ3v) is 15.9. The van der Waals surface area contributed by atoms with E-state index in [9.17, 15) is 0 Å². The Kier molecular flexibility index (Phi) is 12.7. The SMILES string of the molecule is C=C1CC/C=C\C2CC3=C1CCC2(C)C(C)(C)c1cc(C)ccc1C3.CC.Cc1ccc(C2=Cc3c(oc4ccccc34)CC2)cc1-c1cc(-c2ccc(-c3ccccc3)cc2)ccc1C. The quantitative estimate of drug-likeness (QED) is 0.161. The first-order valence-corrected chi connectivity index (χ1v) is 24.7. The van der Waals surface area contributed by atoms with Crippen molar-refractivity contribution in [2.45, 2.75) is 112 Å². The van der Waals surface area contributed by atoms with Gasteiger partial charge >= 0.3 is 0 Å². The van der Waals surface area contributed by atoms with Gasteiger partial charge < -0.3 is 4.42 Å². The summed E-state index contributed by atoms with van der Waals surface area (Å²) in [6.07, 6.45) is 16.4. The van der Waals surface area contributed by atoms with Gasteiger partial charge in [0.25, 0.3) is 0 Å². The molecule has 2 unspecified atom stereocenters. The minimum absolute atomic E-state index is 0.171. The van der Waals surface area contributed by atoms with Crippen LogP contribution in [0.3, 0.4) is 0 Å². The van der Waals surface area contributed by atoms with Crippen LogP contribution in [0.25, 0.3) is 56.0 Å². The van der Waals surface area contributed by atoms with Crippen molar-refractivity contribution in [1.29, 1.82) is 0 Å². The predicted octanol–water partition coefficient (Wildman–Crippen LogP) is 18.4. The minimum atomic E-state index is 0.171. The maximum absolute atomic E-state index is 6.15. The van der Waals surface area contributed by atoms with E-state index in [-0.39, 0.29) is 10.8 Å². The number of rotatable bonds is 4. The average Bonchev–Trinajstić information content (AvgIpc) is 3.69. The van der Waals surface area contributed by atoms with Crippen LogP contribution in [0, 0.1) is 32.1 Å². The van der Waals surface area contributed by atoms with Crippen molar-refractivity contribution in [2.75, 3.05) is 0 Å². The smallest absolute Gasteiger partial charge is 0.134 e. The van der Waals surface area contributed by atoms with Gasteiger partial charge in [-0.05, 0) is 179 Å². The molecule has 1 heterocycles. The lowest BCUT2D eigenvalue weighted by Gasteiger charge is -2.51. The van der Waals surface area contributed by atoms with Crippen LogP contribution in [0.15, 0.2) is 173 Å². The molecule has 4 bridgehead atoms. The summed E-state index contributed by atoms with van der Waals surface area (Å²) in [5.74, 6) is 1.74. The molecule has 0 spiro atoms. The van der Waals surface area contributed by atoms with Gasteiger partial charge in [-0.3, -0.25) is 0 Å². The topological polar surface area (TPSA) is 13.1 Å². The molecule has 66 heavy (non-hydrogen) atoms. The zero-order chi connectivity index (χ0) is 46.2. The van der Waals surface area contributed by atoms with E-state index in [0.29, 0.717) is 5.92 Å². The fraction of sp³-hybridized carbons (Fsp3) is 0.292. The van der Waals surface area contributed by atoms with Gasteiger partial charge in [0.2, 0.25) is 0 Å². The second kappa shape index (κ2) is 18.6. The third kappa shape index (κ3) is 8.43. The highest BCUT2D eigenvalue weighted by atomic mass is 16.3. The second-order valence-electron chi connectivity index (χ2n) is 20.0. The molecule has 7 aromatic rings. The van der Waals surface area contributed by atoms with E-state index in [1.807, 2.05) is 19.9 Å². The Hall–Kier alpha value is -6.18. The monoisotopic (exact) mass is 865 g/mol. The molecule has 1 nitrogen and oxygen atoms in total. The standard InChI is InChI=1S/C38H30O.C25H32.C2H6/c1-25-12-14-30(29-18-16-28(17-19-29)27-8-4-3-5-9-27)22-34(25)35-23-31(15-13-26(35)2)32-20-21-38-36(24-32)33-10-6-7-11-37(33)39-38;1-17-10-11-19-15-20-16-21-9-7-6-8-18(2)22(20)12-13-25(21,5)24(3,4)23(19)14-17;1-2/h3-19,22-24H,20-21H2,1-2H3;7,9-11,14,21H,2,6,8,12-13,15-16H2,1,3-5H3;1-2H3/b;9-7-;. The van der Waals surface area contributed by atoms with Crippen molar-refractivity contribution in [2.24, 2.45) is 11.3 Å². The molecule has 11 rings (SSSR count). The van der Waals surface area contributed by atoms with Crippen LogP contribution < -0.4 is 0 Å². The van der Waals surface area contributed by atoms with Crippen LogP contribution >= 0.6 is 0 Å². The first-order chi connectivity index (χ1) is 32.0. The molecule has 1 aromatic heterocycles. The fourth-order valence-corrected chi connectivity index (χ4v) is 11.5. The maximum atomic E-state index is 6.15. The first kappa shape index (κ1) is 45.0. The maximum Gasteiger partial charge on any atom is 0.134 e. The lowest BCUT2D eigenvalue weighted by Crippen LogP contribution is -2.45. The molecule has 4 aliphatic rings. The van der Waals surface area contributed by atoms with Gasteiger partial charge in [0.1, 0.15) is 11.3 Å². The van der Waals surface area contributed by atoms with Crippen LogP contribution in [-0.2, 0) is 18.3 Å². The molecule has 0 saturated carbocycles. The van der Waals surface area contributed by atoms with Crippen molar-refractivity contribution in [3.8, 4) is 33.4 Å². The lowest BCUT2D eigenvalue weighted by molar-refractivity contribution is 0.0956. The number of benzene rings is 6. The number of allylic oxidation sites excluding steroid dienone is 6. The number of hydrogen-bond acceptors (Lipinski definition) is 1. The molecule has 6 aromatic carbocycles. The first-order valence-electron chi connectivity index (χ1n) is 24.7. The molecule has 0 N–H and O–H groups in total. The molecule has 2 atom stereocenters. The van der Waals surface area contributed by atoms with Crippen LogP contribution in [0.4, 0.5) is 0 Å². The van der Waals surface area contributed by atoms with E-state index in [2.05, 4.69) is 194 Å². The Morgan fingerprint density at radius 2 is 1.26 bits per heavy atom. The molecule has 334 valence electrons. The largest absolute Gasteiger partial charge is 0.460 e. The van der Waals surface area contributed by atoms with Crippen molar-refractivity contribution in [3.63, 3.8) is 0 Å².